The van der Waals surface area contributed by atoms with Gasteiger partial charge in [0.05, 0.1) is 6.61 Å². The summed E-state index contributed by atoms with van der Waals surface area (Å²) in [5.74, 6) is -2.08. The van der Waals surface area contributed by atoms with E-state index in [9.17, 15) is 40.5 Å². The van der Waals surface area contributed by atoms with Gasteiger partial charge in [-0.25, -0.2) is 0 Å². The van der Waals surface area contributed by atoms with Crippen molar-refractivity contribution in [3.8, 4) is 23.0 Å². The van der Waals surface area contributed by atoms with E-state index < -0.39 is 54.6 Å². The zero-order valence-electron chi connectivity index (χ0n) is 16.1. The summed E-state index contributed by atoms with van der Waals surface area (Å²) in [6.07, 6.45) is -5.39. The summed E-state index contributed by atoms with van der Waals surface area (Å²) in [6, 6.07) is 7.89. The number of aliphatic hydroxyl groups excluding tert-OH is 4. The van der Waals surface area contributed by atoms with Gasteiger partial charge >= 0.3 is 0 Å². The minimum Gasteiger partial charge on any atom is -0.508 e. The Bertz CT molecular complexity index is 953. The van der Waals surface area contributed by atoms with Gasteiger partial charge < -0.3 is 45.2 Å². The molecule has 0 amide bonds. The fourth-order valence-electron chi connectivity index (χ4n) is 3.06. The van der Waals surface area contributed by atoms with Crippen LogP contribution in [0.25, 0.3) is 6.08 Å². The van der Waals surface area contributed by atoms with Crippen LogP contribution in [0.3, 0.4) is 0 Å². The average molecular weight is 434 g/mol. The van der Waals surface area contributed by atoms with Crippen LogP contribution in [0.15, 0.2) is 42.5 Å². The molecule has 0 aromatic heterocycles. The second-order valence-corrected chi connectivity index (χ2v) is 6.94. The minimum atomic E-state index is -1.75. The number of allylic oxidation sites excluding steroid dienone is 1. The third-order valence-electron chi connectivity index (χ3n) is 4.72. The van der Waals surface area contributed by atoms with Crippen molar-refractivity contribution >= 4 is 11.9 Å². The standard InChI is InChI=1S/C21H22O10/c22-9-16-18(27)19(28)20(29)21(31-16)30-15-8-12(24)7-14(26)17(15)13(25)6-3-10-1-4-11(23)5-2-10/h1-8,16,18-24,26-29H,9H2/b6-3+/t16-,18+,19+,20+,21-/m1/s1. The zero-order valence-corrected chi connectivity index (χ0v) is 16.1. The summed E-state index contributed by atoms with van der Waals surface area (Å²) in [5, 5.41) is 68.5. The van der Waals surface area contributed by atoms with Crippen molar-refractivity contribution in [3.05, 3.63) is 53.6 Å². The molecule has 5 atom stereocenters. The molecule has 1 fully saturated rings. The van der Waals surface area contributed by atoms with Crippen LogP contribution in [0.4, 0.5) is 0 Å². The molecule has 1 aliphatic rings. The maximum Gasteiger partial charge on any atom is 0.229 e. The van der Waals surface area contributed by atoms with E-state index in [-0.39, 0.29) is 17.1 Å². The third kappa shape index (κ3) is 4.95. The van der Waals surface area contributed by atoms with E-state index in [1.807, 2.05) is 0 Å². The molecule has 0 radical (unpaired) electrons. The molecule has 1 aliphatic heterocycles. The Morgan fingerprint density at radius 2 is 1.65 bits per heavy atom. The quantitative estimate of drug-likeness (QED) is 0.239. The molecule has 0 bridgehead atoms. The number of benzene rings is 2. The fraction of sp³-hybridized carbons (Fsp3) is 0.286. The number of carbonyl (C=O) groups is 1. The molecule has 0 unspecified atom stereocenters. The van der Waals surface area contributed by atoms with Gasteiger partial charge in [0, 0.05) is 12.1 Å². The predicted molar refractivity (Wildman–Crippen MR) is 106 cm³/mol. The van der Waals surface area contributed by atoms with Crippen molar-refractivity contribution in [1.82, 2.24) is 0 Å². The lowest BCUT2D eigenvalue weighted by molar-refractivity contribution is -0.277. The molecule has 31 heavy (non-hydrogen) atoms. The summed E-state index contributed by atoms with van der Waals surface area (Å²) in [7, 11) is 0. The van der Waals surface area contributed by atoms with Crippen LogP contribution in [-0.4, -0.2) is 78.8 Å². The Hall–Kier alpha value is -3.15. The molecule has 2 aromatic rings. The van der Waals surface area contributed by atoms with Gasteiger partial charge in [0.1, 0.15) is 53.0 Å². The number of phenolic OH excluding ortho intramolecular Hbond substituents is 3. The first kappa shape index (κ1) is 22.5. The van der Waals surface area contributed by atoms with E-state index in [1.54, 1.807) is 12.1 Å². The Kier molecular flexibility index (Phi) is 6.78. The molecule has 1 heterocycles. The lowest BCUT2D eigenvalue weighted by Crippen LogP contribution is -2.60. The monoisotopic (exact) mass is 434 g/mol. The summed E-state index contributed by atoms with van der Waals surface area (Å²) in [4.78, 5) is 12.7. The molecule has 0 aliphatic carbocycles. The number of carbonyl (C=O) groups excluding carboxylic acids is 1. The topological polar surface area (TPSA) is 177 Å². The van der Waals surface area contributed by atoms with E-state index in [2.05, 4.69) is 0 Å². The average Bonchev–Trinajstić information content (AvgIpc) is 2.73. The Balaban J connectivity index is 1.89. The van der Waals surface area contributed by atoms with Crippen molar-refractivity contribution in [2.45, 2.75) is 30.7 Å². The van der Waals surface area contributed by atoms with E-state index in [0.29, 0.717) is 5.56 Å². The molecule has 7 N–H and O–H groups in total. The maximum atomic E-state index is 12.7. The number of aliphatic hydroxyl groups is 4. The van der Waals surface area contributed by atoms with E-state index in [0.717, 1.165) is 18.2 Å². The smallest absolute Gasteiger partial charge is 0.229 e. The SMILES string of the molecule is O=C(/C=C/c1ccc(O)cc1)c1c(O)cc(O)cc1O[C@@H]1O[C@H](CO)[C@H](O)[C@H](O)[C@@H]1O. The number of hydrogen-bond acceptors (Lipinski definition) is 10. The highest BCUT2D eigenvalue weighted by atomic mass is 16.7. The summed E-state index contributed by atoms with van der Waals surface area (Å²) in [5.41, 5.74) is 0.227. The van der Waals surface area contributed by atoms with Crippen molar-refractivity contribution in [1.29, 1.82) is 0 Å². The molecule has 10 nitrogen and oxygen atoms in total. The number of hydrogen-bond donors (Lipinski definition) is 7. The highest BCUT2D eigenvalue weighted by Crippen LogP contribution is 2.36. The normalized spacial score (nSPS) is 26.1. The van der Waals surface area contributed by atoms with Crippen molar-refractivity contribution in [3.63, 3.8) is 0 Å². The van der Waals surface area contributed by atoms with Crippen molar-refractivity contribution in [2.24, 2.45) is 0 Å². The third-order valence-corrected chi connectivity index (χ3v) is 4.72. The summed E-state index contributed by atoms with van der Waals surface area (Å²) < 4.78 is 10.7. The highest BCUT2D eigenvalue weighted by molar-refractivity contribution is 6.10. The van der Waals surface area contributed by atoms with Gasteiger partial charge in [0.15, 0.2) is 5.78 Å². The molecule has 2 aromatic carbocycles. The molecule has 0 saturated carbocycles. The molecule has 3 rings (SSSR count). The van der Waals surface area contributed by atoms with E-state index in [1.165, 1.54) is 18.2 Å². The van der Waals surface area contributed by atoms with Crippen molar-refractivity contribution < 1.29 is 50.0 Å². The second kappa shape index (κ2) is 9.33. The zero-order chi connectivity index (χ0) is 22.7. The second-order valence-electron chi connectivity index (χ2n) is 6.94. The van der Waals surface area contributed by atoms with Crippen molar-refractivity contribution in [2.75, 3.05) is 6.61 Å². The van der Waals surface area contributed by atoms with Gasteiger partial charge in [-0.3, -0.25) is 4.79 Å². The van der Waals surface area contributed by atoms with Crippen LogP contribution in [-0.2, 0) is 4.74 Å². The van der Waals surface area contributed by atoms with Gasteiger partial charge in [-0.2, -0.15) is 0 Å². The first-order valence-electron chi connectivity index (χ1n) is 9.26. The molecule has 1 saturated heterocycles. The maximum absolute atomic E-state index is 12.7. The molecule has 0 spiro atoms. The summed E-state index contributed by atoms with van der Waals surface area (Å²) >= 11 is 0. The molecule has 166 valence electrons. The van der Waals surface area contributed by atoms with Crippen LogP contribution < -0.4 is 4.74 Å². The Morgan fingerprint density at radius 1 is 0.968 bits per heavy atom. The number of ketones is 1. The summed E-state index contributed by atoms with van der Waals surface area (Å²) in [6.45, 7) is -0.683. The largest absolute Gasteiger partial charge is 0.508 e. The lowest BCUT2D eigenvalue weighted by atomic mass is 9.99. The van der Waals surface area contributed by atoms with Crippen LogP contribution in [0.1, 0.15) is 15.9 Å². The van der Waals surface area contributed by atoms with Gasteiger partial charge in [0.25, 0.3) is 0 Å². The van der Waals surface area contributed by atoms with Crippen LogP contribution in [0, 0.1) is 0 Å². The molecular weight excluding hydrogens is 412 g/mol. The Labute approximate surface area is 176 Å². The molecule has 10 heteroatoms. The number of rotatable bonds is 6. The van der Waals surface area contributed by atoms with Gasteiger partial charge in [0.2, 0.25) is 6.29 Å². The van der Waals surface area contributed by atoms with E-state index >= 15 is 0 Å². The number of ether oxygens (including phenoxy) is 2. The van der Waals surface area contributed by atoms with Gasteiger partial charge in [-0.15, -0.1) is 0 Å². The van der Waals surface area contributed by atoms with Crippen LogP contribution in [0.5, 0.6) is 23.0 Å². The number of phenols is 3. The van der Waals surface area contributed by atoms with Gasteiger partial charge in [-0.05, 0) is 23.8 Å². The predicted octanol–water partition coefficient (Wildman–Crippen LogP) is -0.122. The van der Waals surface area contributed by atoms with Crippen LogP contribution in [0.2, 0.25) is 0 Å². The fourth-order valence-corrected chi connectivity index (χ4v) is 3.06. The first-order chi connectivity index (χ1) is 14.7. The Morgan fingerprint density at radius 3 is 2.29 bits per heavy atom. The van der Waals surface area contributed by atoms with Crippen LogP contribution >= 0.6 is 0 Å². The number of aromatic hydroxyl groups is 3. The van der Waals surface area contributed by atoms with Gasteiger partial charge in [-0.1, -0.05) is 18.2 Å². The first-order valence-corrected chi connectivity index (χ1v) is 9.26. The minimum absolute atomic E-state index is 0.0508. The highest BCUT2D eigenvalue weighted by Gasteiger charge is 2.45. The lowest BCUT2D eigenvalue weighted by Gasteiger charge is -2.39. The molecular formula is C21H22O10. The van der Waals surface area contributed by atoms with E-state index in [4.69, 9.17) is 9.47 Å².